The van der Waals surface area contributed by atoms with Crippen LogP contribution in [0.4, 0.5) is 22.0 Å². The molecule has 0 radical (unpaired) electrons. The normalized spacial score (nSPS) is 18.3. The molecule has 1 fully saturated rings. The minimum Gasteiger partial charge on any atom is -0.331 e. The molecule has 2 aliphatic rings. The number of aldehydes is 1. The van der Waals surface area contributed by atoms with Gasteiger partial charge in [-0.25, -0.2) is 14.8 Å². The van der Waals surface area contributed by atoms with Crippen molar-refractivity contribution in [1.29, 1.82) is 0 Å². The van der Waals surface area contributed by atoms with Crippen molar-refractivity contribution < 1.29 is 14.5 Å². The topological polar surface area (TPSA) is 113 Å². The molecule has 3 heterocycles. The standard InChI is InChI=1S/C18H18N6O4/c1-21-15(11-25)23(18(26)22-7-2-3-8-22)14-10-19-16(20-17(14)21)12-5-4-6-13(9-12)24(27)28/h4-6,9-11,15H,2-3,7-8H2,1H3. The van der Waals surface area contributed by atoms with E-state index in [0.717, 1.165) is 12.8 Å². The van der Waals surface area contributed by atoms with Crippen molar-refractivity contribution in [2.75, 3.05) is 29.9 Å². The highest BCUT2D eigenvalue weighted by molar-refractivity contribution is 6.03. The van der Waals surface area contributed by atoms with Gasteiger partial charge in [-0.1, -0.05) is 12.1 Å². The number of hydrogen-bond acceptors (Lipinski definition) is 7. The van der Waals surface area contributed by atoms with E-state index in [1.54, 1.807) is 29.0 Å². The van der Waals surface area contributed by atoms with Crippen LogP contribution in [0.3, 0.4) is 0 Å². The molecular weight excluding hydrogens is 364 g/mol. The van der Waals surface area contributed by atoms with Gasteiger partial charge < -0.3 is 9.80 Å². The maximum Gasteiger partial charge on any atom is 0.326 e. The predicted octanol–water partition coefficient (Wildman–Crippen LogP) is 2.05. The fourth-order valence-electron chi connectivity index (χ4n) is 3.56. The van der Waals surface area contributed by atoms with Gasteiger partial charge in [0.25, 0.3) is 5.69 Å². The molecule has 144 valence electrons. The SMILES string of the molecule is CN1c2nc(-c3cccc([N+](=O)[O-])c3)ncc2N(C(=O)N2CCCC2)C1C=O. The molecule has 1 unspecified atom stereocenters. The van der Waals surface area contributed by atoms with Crippen LogP contribution in [-0.4, -0.2) is 58.4 Å². The van der Waals surface area contributed by atoms with E-state index in [2.05, 4.69) is 9.97 Å². The average molecular weight is 382 g/mol. The third kappa shape index (κ3) is 2.82. The Morgan fingerprint density at radius 2 is 2.07 bits per heavy atom. The lowest BCUT2D eigenvalue weighted by molar-refractivity contribution is -0.384. The van der Waals surface area contributed by atoms with Crippen LogP contribution in [0.5, 0.6) is 0 Å². The number of nitrogens with zero attached hydrogens (tertiary/aromatic N) is 6. The number of likely N-dealkylation sites (tertiary alicyclic amines) is 1. The average Bonchev–Trinajstić information content (AvgIpc) is 3.34. The summed E-state index contributed by atoms with van der Waals surface area (Å²) in [6.07, 6.45) is 3.26. The first-order valence-corrected chi connectivity index (χ1v) is 8.89. The van der Waals surface area contributed by atoms with Crippen molar-refractivity contribution >= 4 is 29.5 Å². The van der Waals surface area contributed by atoms with Crippen LogP contribution < -0.4 is 9.80 Å². The molecule has 1 aromatic carbocycles. The van der Waals surface area contributed by atoms with E-state index in [0.29, 0.717) is 36.4 Å². The number of benzene rings is 1. The molecule has 2 amide bonds. The monoisotopic (exact) mass is 382 g/mol. The maximum atomic E-state index is 12.9. The van der Waals surface area contributed by atoms with Crippen molar-refractivity contribution in [2.45, 2.75) is 19.0 Å². The maximum absolute atomic E-state index is 12.9. The van der Waals surface area contributed by atoms with Crippen molar-refractivity contribution in [2.24, 2.45) is 0 Å². The summed E-state index contributed by atoms with van der Waals surface area (Å²) in [6, 6.07) is 5.77. The zero-order valence-electron chi connectivity index (χ0n) is 15.2. The Morgan fingerprint density at radius 3 is 2.75 bits per heavy atom. The molecule has 28 heavy (non-hydrogen) atoms. The smallest absolute Gasteiger partial charge is 0.326 e. The highest BCUT2D eigenvalue weighted by Gasteiger charge is 2.41. The third-order valence-corrected chi connectivity index (χ3v) is 5.02. The van der Waals surface area contributed by atoms with Crippen molar-refractivity contribution in [1.82, 2.24) is 14.9 Å². The predicted molar refractivity (Wildman–Crippen MR) is 101 cm³/mol. The van der Waals surface area contributed by atoms with E-state index in [1.165, 1.54) is 23.2 Å². The summed E-state index contributed by atoms with van der Waals surface area (Å²) in [7, 11) is 1.68. The van der Waals surface area contributed by atoms with Crippen LogP contribution in [0, 0.1) is 10.1 Å². The Bertz CT molecular complexity index is 959. The summed E-state index contributed by atoms with van der Waals surface area (Å²) in [5.74, 6) is 0.718. The van der Waals surface area contributed by atoms with E-state index in [1.807, 2.05) is 0 Å². The number of aromatic nitrogens is 2. The van der Waals surface area contributed by atoms with Crippen LogP contribution in [0.15, 0.2) is 30.5 Å². The van der Waals surface area contributed by atoms with Gasteiger partial charge in [0.1, 0.15) is 5.69 Å². The first kappa shape index (κ1) is 17.8. The zero-order valence-corrected chi connectivity index (χ0v) is 15.2. The summed E-state index contributed by atoms with van der Waals surface area (Å²) >= 11 is 0. The molecule has 0 aliphatic carbocycles. The van der Waals surface area contributed by atoms with Crippen molar-refractivity contribution in [3.05, 3.63) is 40.6 Å². The van der Waals surface area contributed by atoms with Gasteiger partial charge >= 0.3 is 6.03 Å². The summed E-state index contributed by atoms with van der Waals surface area (Å²) in [5.41, 5.74) is 0.870. The number of nitro groups is 1. The van der Waals surface area contributed by atoms with E-state index in [4.69, 9.17) is 0 Å². The van der Waals surface area contributed by atoms with E-state index < -0.39 is 11.1 Å². The quantitative estimate of drug-likeness (QED) is 0.453. The molecule has 2 aromatic rings. The molecule has 1 saturated heterocycles. The first-order valence-electron chi connectivity index (χ1n) is 8.89. The molecule has 2 aliphatic heterocycles. The van der Waals surface area contributed by atoms with Crippen LogP contribution in [0.2, 0.25) is 0 Å². The molecule has 0 N–H and O–H groups in total. The number of urea groups is 1. The largest absolute Gasteiger partial charge is 0.331 e. The molecule has 0 spiro atoms. The molecule has 10 heteroatoms. The highest BCUT2D eigenvalue weighted by Crippen LogP contribution is 2.38. The van der Waals surface area contributed by atoms with E-state index in [-0.39, 0.29) is 17.5 Å². The second-order valence-electron chi connectivity index (χ2n) is 6.72. The van der Waals surface area contributed by atoms with Crippen LogP contribution >= 0.6 is 0 Å². The van der Waals surface area contributed by atoms with Crippen molar-refractivity contribution in [3.8, 4) is 11.4 Å². The fraction of sp³-hybridized carbons (Fsp3) is 0.333. The number of carbonyl (C=O) groups is 2. The lowest BCUT2D eigenvalue weighted by Crippen LogP contribution is -2.50. The van der Waals surface area contributed by atoms with E-state index >= 15 is 0 Å². The second kappa shape index (κ2) is 6.87. The Hall–Kier alpha value is -3.56. The van der Waals surface area contributed by atoms with Crippen LogP contribution in [0.25, 0.3) is 11.4 Å². The first-order chi connectivity index (χ1) is 13.5. The van der Waals surface area contributed by atoms with Crippen LogP contribution in [0.1, 0.15) is 12.8 Å². The van der Waals surface area contributed by atoms with Gasteiger partial charge in [-0.2, -0.15) is 0 Å². The zero-order chi connectivity index (χ0) is 19.8. The molecule has 1 aromatic heterocycles. The van der Waals surface area contributed by atoms with Gasteiger partial charge in [0.2, 0.25) is 0 Å². The fourth-order valence-corrected chi connectivity index (χ4v) is 3.56. The highest BCUT2D eigenvalue weighted by atomic mass is 16.6. The molecular formula is C18H18N6O4. The summed E-state index contributed by atoms with van der Waals surface area (Å²) in [5, 5.41) is 11.0. The van der Waals surface area contributed by atoms with Gasteiger partial charge in [0.05, 0.1) is 11.1 Å². The summed E-state index contributed by atoms with van der Waals surface area (Å²) < 4.78 is 0. The number of amides is 2. The van der Waals surface area contributed by atoms with Gasteiger partial charge in [0.15, 0.2) is 24.1 Å². The minimum atomic E-state index is -0.808. The molecule has 0 bridgehead atoms. The summed E-state index contributed by atoms with van der Waals surface area (Å²) in [4.78, 5) is 48.7. The number of fused-ring (bicyclic) bond motifs is 1. The third-order valence-electron chi connectivity index (χ3n) is 5.02. The Kier molecular flexibility index (Phi) is 4.38. The number of likely N-dealkylation sites (N-methyl/N-ethyl adjacent to an activating group) is 1. The van der Waals surface area contributed by atoms with Gasteiger partial charge in [-0.15, -0.1) is 0 Å². The molecule has 1 atom stereocenters. The number of carbonyl (C=O) groups excluding carboxylic acids is 2. The van der Waals surface area contributed by atoms with Crippen molar-refractivity contribution in [3.63, 3.8) is 0 Å². The van der Waals surface area contributed by atoms with E-state index in [9.17, 15) is 19.7 Å². The number of nitro benzene ring substituents is 1. The second-order valence-corrected chi connectivity index (χ2v) is 6.72. The number of non-ortho nitro benzene ring substituents is 1. The number of hydrogen-bond donors (Lipinski definition) is 0. The van der Waals surface area contributed by atoms with Gasteiger partial charge in [-0.3, -0.25) is 19.8 Å². The van der Waals surface area contributed by atoms with Crippen LogP contribution in [-0.2, 0) is 4.79 Å². The Morgan fingerprint density at radius 1 is 1.32 bits per heavy atom. The lowest BCUT2D eigenvalue weighted by Gasteiger charge is -2.28. The summed E-state index contributed by atoms with van der Waals surface area (Å²) in [6.45, 7) is 1.32. The van der Waals surface area contributed by atoms with Gasteiger partial charge in [-0.05, 0) is 12.8 Å². The molecule has 0 saturated carbocycles. The number of rotatable bonds is 3. The Balaban J connectivity index is 1.73. The molecule has 4 rings (SSSR count). The number of anilines is 2. The lowest BCUT2D eigenvalue weighted by atomic mass is 10.2. The van der Waals surface area contributed by atoms with Gasteiger partial charge in [0, 0.05) is 37.8 Å². The Labute approximate surface area is 160 Å². The minimum absolute atomic E-state index is 0.0634. The molecule has 10 nitrogen and oxygen atoms in total.